The van der Waals surface area contributed by atoms with E-state index >= 15 is 0 Å². The minimum atomic E-state index is -3.71. The second-order valence-corrected chi connectivity index (χ2v) is 7.07. The highest BCUT2D eigenvalue weighted by Crippen LogP contribution is 2.25. The molecule has 7 heteroatoms. The van der Waals surface area contributed by atoms with Crippen LogP contribution in [0.5, 0.6) is 0 Å². The fraction of sp³-hybridized carbons (Fsp3) is 0.118. The van der Waals surface area contributed by atoms with Crippen molar-refractivity contribution < 1.29 is 8.42 Å². The summed E-state index contributed by atoms with van der Waals surface area (Å²) in [6.07, 6.45) is 0. The zero-order valence-corrected chi connectivity index (χ0v) is 14.0. The van der Waals surface area contributed by atoms with Crippen LogP contribution >= 0.6 is 0 Å². The number of anilines is 2. The first-order valence-corrected chi connectivity index (χ1v) is 8.89. The maximum atomic E-state index is 12.6. The molecule has 2 aromatic carbocycles. The van der Waals surface area contributed by atoms with Crippen molar-refractivity contribution >= 4 is 32.3 Å². The number of sulfonamides is 1. The summed E-state index contributed by atoms with van der Waals surface area (Å²) in [7, 11) is -1.87. The average Bonchev–Trinajstić information content (AvgIpc) is 2.56. The lowest BCUT2D eigenvalue weighted by Gasteiger charge is -2.11. The molecule has 0 atom stereocenters. The quantitative estimate of drug-likeness (QED) is 0.618. The number of nitrogens with one attached hydrogen (secondary N) is 2. The van der Waals surface area contributed by atoms with Gasteiger partial charge in [0, 0.05) is 17.6 Å². The second-order valence-electron chi connectivity index (χ2n) is 5.38. The number of hydrogen-bond acceptors (Lipinski definition) is 5. The molecule has 3 rings (SSSR count). The third kappa shape index (κ3) is 3.32. The van der Waals surface area contributed by atoms with Gasteiger partial charge in [-0.3, -0.25) is 4.72 Å². The van der Waals surface area contributed by atoms with E-state index in [2.05, 4.69) is 15.0 Å². The number of rotatable bonds is 5. The zero-order chi connectivity index (χ0) is 17.2. The Labute approximate surface area is 140 Å². The smallest absolute Gasteiger partial charge is 0.261 e. The summed E-state index contributed by atoms with van der Waals surface area (Å²) in [5.74, 6) is 0. The Hall–Kier alpha value is -2.64. The van der Waals surface area contributed by atoms with Crippen molar-refractivity contribution in [1.82, 2.24) is 10.3 Å². The third-order valence-corrected chi connectivity index (χ3v) is 4.95. The van der Waals surface area contributed by atoms with Gasteiger partial charge in [0.25, 0.3) is 10.0 Å². The topological polar surface area (TPSA) is 97.1 Å². The Bertz CT molecular complexity index is 970. The lowest BCUT2D eigenvalue weighted by atomic mass is 10.2. The summed E-state index contributed by atoms with van der Waals surface area (Å²) < 4.78 is 27.8. The fourth-order valence-corrected chi connectivity index (χ4v) is 3.47. The Morgan fingerprint density at radius 2 is 1.79 bits per heavy atom. The predicted octanol–water partition coefficient (Wildman–Crippen LogP) is 2.34. The van der Waals surface area contributed by atoms with Crippen molar-refractivity contribution in [3.63, 3.8) is 0 Å². The molecule has 0 aliphatic rings. The highest BCUT2D eigenvalue weighted by molar-refractivity contribution is 7.92. The van der Waals surface area contributed by atoms with E-state index in [1.165, 1.54) is 12.1 Å². The molecule has 24 heavy (non-hydrogen) atoms. The number of nitrogen functional groups attached to an aromatic ring is 1. The molecular formula is C17H18N4O2S. The van der Waals surface area contributed by atoms with Crippen molar-refractivity contribution in [2.24, 2.45) is 0 Å². The fourth-order valence-electron chi connectivity index (χ4n) is 2.40. The van der Waals surface area contributed by atoms with Crippen molar-refractivity contribution in [2.45, 2.75) is 11.4 Å². The van der Waals surface area contributed by atoms with Crippen LogP contribution in [0.15, 0.2) is 59.5 Å². The Morgan fingerprint density at radius 3 is 2.50 bits per heavy atom. The first kappa shape index (κ1) is 16.2. The maximum Gasteiger partial charge on any atom is 0.261 e. The van der Waals surface area contributed by atoms with E-state index in [-0.39, 0.29) is 4.90 Å². The standard InChI is InChI=1S/C17H18N4O2S/c1-19-11-14-8-5-12-3-2-4-16(17(12)20-14)21-24(22,23)15-9-6-13(18)7-10-15/h2-10,19,21H,11,18H2,1H3. The predicted molar refractivity (Wildman–Crippen MR) is 96.2 cm³/mol. The van der Waals surface area contributed by atoms with Crippen LogP contribution in [0.25, 0.3) is 10.9 Å². The molecule has 0 aliphatic carbocycles. The monoisotopic (exact) mass is 342 g/mol. The van der Waals surface area contributed by atoms with Crippen molar-refractivity contribution in [1.29, 1.82) is 0 Å². The van der Waals surface area contributed by atoms with Gasteiger partial charge in [-0.2, -0.15) is 0 Å². The highest BCUT2D eigenvalue weighted by Gasteiger charge is 2.16. The van der Waals surface area contributed by atoms with E-state index in [4.69, 9.17) is 5.73 Å². The summed E-state index contributed by atoms with van der Waals surface area (Å²) in [5.41, 5.74) is 8.02. The molecule has 6 nitrogen and oxygen atoms in total. The summed E-state index contributed by atoms with van der Waals surface area (Å²) in [4.78, 5) is 4.70. The van der Waals surface area contributed by atoms with Gasteiger partial charge in [0.2, 0.25) is 0 Å². The third-order valence-electron chi connectivity index (χ3n) is 3.57. The van der Waals surface area contributed by atoms with E-state index < -0.39 is 10.0 Å². The SMILES string of the molecule is CNCc1ccc2cccc(NS(=O)(=O)c3ccc(N)cc3)c2n1. The molecular weight excluding hydrogens is 324 g/mol. The molecule has 124 valence electrons. The van der Waals surface area contributed by atoms with Gasteiger partial charge in [0.05, 0.1) is 21.8 Å². The first-order chi connectivity index (χ1) is 11.5. The van der Waals surface area contributed by atoms with Gasteiger partial charge < -0.3 is 11.1 Å². The maximum absolute atomic E-state index is 12.6. The van der Waals surface area contributed by atoms with Gasteiger partial charge in [0.1, 0.15) is 0 Å². The number of para-hydroxylation sites is 1. The molecule has 0 spiro atoms. The molecule has 0 bridgehead atoms. The summed E-state index contributed by atoms with van der Waals surface area (Å²) in [6, 6.07) is 15.3. The van der Waals surface area contributed by atoms with Crippen LogP contribution in [0.3, 0.4) is 0 Å². The number of aromatic nitrogens is 1. The molecule has 1 aromatic heterocycles. The average molecular weight is 342 g/mol. The van der Waals surface area contributed by atoms with Gasteiger partial charge in [-0.25, -0.2) is 13.4 Å². The molecule has 0 aliphatic heterocycles. The molecule has 0 saturated heterocycles. The van der Waals surface area contributed by atoms with Crippen molar-refractivity contribution in [3.05, 3.63) is 60.3 Å². The van der Waals surface area contributed by atoms with Crippen LogP contribution in [0.2, 0.25) is 0 Å². The highest BCUT2D eigenvalue weighted by atomic mass is 32.2. The number of pyridine rings is 1. The second kappa shape index (κ2) is 6.46. The lowest BCUT2D eigenvalue weighted by molar-refractivity contribution is 0.601. The zero-order valence-electron chi connectivity index (χ0n) is 13.2. The molecule has 0 amide bonds. The van der Waals surface area contributed by atoms with E-state index in [0.29, 0.717) is 23.4 Å². The van der Waals surface area contributed by atoms with Crippen LogP contribution in [-0.4, -0.2) is 20.4 Å². The van der Waals surface area contributed by atoms with Crippen LogP contribution in [0.4, 0.5) is 11.4 Å². The van der Waals surface area contributed by atoms with Gasteiger partial charge in [-0.15, -0.1) is 0 Å². The molecule has 0 unspecified atom stereocenters. The molecule has 3 aromatic rings. The molecule has 1 heterocycles. The normalized spacial score (nSPS) is 11.5. The molecule has 0 saturated carbocycles. The largest absolute Gasteiger partial charge is 0.399 e. The summed E-state index contributed by atoms with van der Waals surface area (Å²) >= 11 is 0. The Balaban J connectivity index is 2.02. The molecule has 0 fully saturated rings. The van der Waals surface area contributed by atoms with Crippen LogP contribution in [0, 0.1) is 0 Å². The van der Waals surface area contributed by atoms with E-state index in [1.807, 2.05) is 25.2 Å². The van der Waals surface area contributed by atoms with E-state index in [1.54, 1.807) is 24.3 Å². The van der Waals surface area contributed by atoms with Crippen LogP contribution < -0.4 is 15.8 Å². The van der Waals surface area contributed by atoms with E-state index in [0.717, 1.165) is 11.1 Å². The van der Waals surface area contributed by atoms with Gasteiger partial charge in [-0.05, 0) is 43.4 Å². The van der Waals surface area contributed by atoms with Crippen molar-refractivity contribution in [3.8, 4) is 0 Å². The lowest BCUT2D eigenvalue weighted by Crippen LogP contribution is -2.14. The van der Waals surface area contributed by atoms with Crippen LogP contribution in [0.1, 0.15) is 5.69 Å². The summed E-state index contributed by atoms with van der Waals surface area (Å²) in [5, 5.41) is 3.90. The van der Waals surface area contributed by atoms with Crippen LogP contribution in [-0.2, 0) is 16.6 Å². The molecule has 0 radical (unpaired) electrons. The van der Waals surface area contributed by atoms with Gasteiger partial charge in [-0.1, -0.05) is 18.2 Å². The number of nitrogens with two attached hydrogens (primary N) is 1. The Kier molecular flexibility index (Phi) is 4.37. The molecule has 4 N–H and O–H groups in total. The number of benzene rings is 2. The number of nitrogens with zero attached hydrogens (tertiary/aromatic N) is 1. The first-order valence-electron chi connectivity index (χ1n) is 7.41. The van der Waals surface area contributed by atoms with Crippen molar-refractivity contribution in [2.75, 3.05) is 17.5 Å². The van der Waals surface area contributed by atoms with Gasteiger partial charge >= 0.3 is 0 Å². The summed E-state index contributed by atoms with van der Waals surface area (Å²) in [6.45, 7) is 0.606. The van der Waals surface area contributed by atoms with E-state index in [9.17, 15) is 8.42 Å². The minimum Gasteiger partial charge on any atom is -0.399 e. The number of fused-ring (bicyclic) bond motifs is 1. The Morgan fingerprint density at radius 1 is 1.04 bits per heavy atom. The van der Waals surface area contributed by atoms with Gasteiger partial charge in [0.15, 0.2) is 0 Å². The number of hydrogen-bond donors (Lipinski definition) is 3. The minimum absolute atomic E-state index is 0.153.